The molecule has 1 aliphatic rings. The van der Waals surface area contributed by atoms with Gasteiger partial charge in [0.05, 0.1) is 18.2 Å². The summed E-state index contributed by atoms with van der Waals surface area (Å²) >= 11 is 0. The highest BCUT2D eigenvalue weighted by molar-refractivity contribution is 5.81. The number of carbonyl (C=O) groups is 1. The Morgan fingerprint density at radius 3 is 2.56 bits per heavy atom. The molecule has 0 aromatic heterocycles. The molecule has 4 N–H and O–H groups in total. The Balaban J connectivity index is 2.27. The van der Waals surface area contributed by atoms with E-state index in [1.54, 1.807) is 6.92 Å². The van der Waals surface area contributed by atoms with Crippen LogP contribution in [0.2, 0.25) is 0 Å². The predicted octanol–water partition coefficient (Wildman–Crippen LogP) is 0.157. The number of carbonyl (C=O) groups excluding carboxylic acids is 1. The molecule has 5 nitrogen and oxygen atoms in total. The molecule has 0 bridgehead atoms. The van der Waals surface area contributed by atoms with Gasteiger partial charge in [-0.05, 0) is 26.7 Å². The van der Waals surface area contributed by atoms with E-state index in [2.05, 4.69) is 10.6 Å². The lowest BCUT2D eigenvalue weighted by atomic mass is 9.95. The molecule has 5 heteroatoms. The first-order valence-corrected chi connectivity index (χ1v) is 6.81. The Labute approximate surface area is 109 Å². The first-order valence-electron chi connectivity index (χ1n) is 6.81. The molecule has 106 valence electrons. The van der Waals surface area contributed by atoms with E-state index in [1.807, 2.05) is 0 Å². The van der Waals surface area contributed by atoms with Crippen LogP contribution in [0.3, 0.4) is 0 Å². The Kier molecular flexibility index (Phi) is 6.05. The molecular weight excluding hydrogens is 232 g/mol. The molecule has 1 aliphatic carbocycles. The van der Waals surface area contributed by atoms with Crippen molar-refractivity contribution in [1.29, 1.82) is 0 Å². The SMILES string of the molecule is CC(NCC(C)(O)CO)C(=O)NC1CCCCC1. The summed E-state index contributed by atoms with van der Waals surface area (Å²) in [5.41, 5.74) is -1.18. The van der Waals surface area contributed by atoms with Gasteiger partial charge in [0.25, 0.3) is 0 Å². The van der Waals surface area contributed by atoms with Crippen LogP contribution in [0.15, 0.2) is 0 Å². The van der Waals surface area contributed by atoms with Crippen LogP contribution >= 0.6 is 0 Å². The Hall–Kier alpha value is -0.650. The van der Waals surface area contributed by atoms with Crippen molar-refractivity contribution in [2.24, 2.45) is 0 Å². The largest absolute Gasteiger partial charge is 0.393 e. The minimum Gasteiger partial charge on any atom is -0.393 e. The summed E-state index contributed by atoms with van der Waals surface area (Å²) in [7, 11) is 0. The molecule has 0 heterocycles. The fraction of sp³-hybridized carbons (Fsp3) is 0.923. The molecule has 0 saturated heterocycles. The average molecular weight is 258 g/mol. The lowest BCUT2D eigenvalue weighted by Gasteiger charge is -2.26. The summed E-state index contributed by atoms with van der Waals surface area (Å²) < 4.78 is 0. The van der Waals surface area contributed by atoms with E-state index >= 15 is 0 Å². The van der Waals surface area contributed by atoms with Crippen LogP contribution in [0.25, 0.3) is 0 Å². The van der Waals surface area contributed by atoms with E-state index < -0.39 is 5.60 Å². The maximum atomic E-state index is 11.9. The first-order chi connectivity index (χ1) is 8.44. The maximum Gasteiger partial charge on any atom is 0.237 e. The molecule has 1 amide bonds. The second kappa shape index (κ2) is 7.07. The van der Waals surface area contributed by atoms with Crippen molar-refractivity contribution in [2.75, 3.05) is 13.2 Å². The lowest BCUT2D eigenvalue weighted by Crippen LogP contribution is -2.51. The topological polar surface area (TPSA) is 81.6 Å². The van der Waals surface area contributed by atoms with Crippen LogP contribution in [0.5, 0.6) is 0 Å². The minimum absolute atomic E-state index is 0.0318. The van der Waals surface area contributed by atoms with Crippen LogP contribution in [-0.4, -0.2) is 47.0 Å². The standard InChI is InChI=1S/C13H26N2O3/c1-10(14-8-13(2,18)9-16)12(17)15-11-6-4-3-5-7-11/h10-11,14,16,18H,3-9H2,1-2H3,(H,15,17). The quantitative estimate of drug-likeness (QED) is 0.547. The number of aliphatic hydroxyl groups is 2. The van der Waals surface area contributed by atoms with Crippen molar-refractivity contribution < 1.29 is 15.0 Å². The zero-order valence-corrected chi connectivity index (χ0v) is 11.4. The summed E-state index contributed by atoms with van der Waals surface area (Å²) in [5.74, 6) is -0.0318. The Bertz CT molecular complexity index is 263. The van der Waals surface area contributed by atoms with Crippen LogP contribution < -0.4 is 10.6 Å². The van der Waals surface area contributed by atoms with Gasteiger partial charge in [0.2, 0.25) is 5.91 Å². The smallest absolute Gasteiger partial charge is 0.237 e. The second-order valence-corrected chi connectivity index (χ2v) is 5.60. The van der Waals surface area contributed by atoms with Gasteiger partial charge in [0.1, 0.15) is 0 Å². The van der Waals surface area contributed by atoms with Crippen LogP contribution in [-0.2, 0) is 4.79 Å². The minimum atomic E-state index is -1.18. The van der Waals surface area contributed by atoms with Gasteiger partial charge in [-0.25, -0.2) is 0 Å². The molecule has 0 aliphatic heterocycles. The van der Waals surface area contributed by atoms with Crippen molar-refractivity contribution in [3.63, 3.8) is 0 Å². The monoisotopic (exact) mass is 258 g/mol. The highest BCUT2D eigenvalue weighted by atomic mass is 16.3. The van der Waals surface area contributed by atoms with Crippen molar-refractivity contribution in [2.45, 2.75) is 63.6 Å². The Morgan fingerprint density at radius 2 is 2.00 bits per heavy atom. The van der Waals surface area contributed by atoms with Crippen molar-refractivity contribution in [3.05, 3.63) is 0 Å². The van der Waals surface area contributed by atoms with Crippen LogP contribution in [0, 0.1) is 0 Å². The predicted molar refractivity (Wildman–Crippen MR) is 70.2 cm³/mol. The van der Waals surface area contributed by atoms with Gasteiger partial charge in [-0.1, -0.05) is 19.3 Å². The number of rotatable bonds is 6. The summed E-state index contributed by atoms with van der Waals surface area (Å²) in [6.07, 6.45) is 5.76. The molecule has 2 unspecified atom stereocenters. The van der Waals surface area contributed by atoms with Crippen molar-refractivity contribution in [1.82, 2.24) is 10.6 Å². The zero-order valence-electron chi connectivity index (χ0n) is 11.4. The number of aliphatic hydroxyl groups excluding tert-OH is 1. The van der Waals surface area contributed by atoms with Crippen LogP contribution in [0.4, 0.5) is 0 Å². The first kappa shape index (κ1) is 15.4. The fourth-order valence-electron chi connectivity index (χ4n) is 2.09. The summed E-state index contributed by atoms with van der Waals surface area (Å²) in [6.45, 7) is 3.18. The normalized spacial score (nSPS) is 22.2. The Morgan fingerprint density at radius 1 is 1.39 bits per heavy atom. The van der Waals surface area contributed by atoms with Crippen molar-refractivity contribution in [3.8, 4) is 0 Å². The summed E-state index contributed by atoms with van der Waals surface area (Å²) in [6, 6.07) is -0.0567. The number of hydrogen-bond donors (Lipinski definition) is 4. The van der Waals surface area contributed by atoms with E-state index in [9.17, 15) is 9.90 Å². The molecule has 1 saturated carbocycles. The molecular formula is C13H26N2O3. The van der Waals surface area contributed by atoms with Gasteiger partial charge in [-0.3, -0.25) is 4.79 Å². The van der Waals surface area contributed by atoms with E-state index in [4.69, 9.17) is 5.11 Å². The molecule has 0 spiro atoms. The second-order valence-electron chi connectivity index (χ2n) is 5.60. The number of amides is 1. The van der Waals surface area contributed by atoms with Crippen LogP contribution in [0.1, 0.15) is 46.0 Å². The molecule has 0 radical (unpaired) electrons. The number of nitrogens with one attached hydrogen (secondary N) is 2. The third-order valence-corrected chi connectivity index (χ3v) is 3.47. The summed E-state index contributed by atoms with van der Waals surface area (Å²) in [4.78, 5) is 11.9. The van der Waals surface area contributed by atoms with E-state index in [0.717, 1.165) is 12.8 Å². The van der Waals surface area contributed by atoms with Gasteiger partial charge in [-0.2, -0.15) is 0 Å². The molecule has 0 aromatic carbocycles. The van der Waals surface area contributed by atoms with Gasteiger partial charge in [-0.15, -0.1) is 0 Å². The van der Waals surface area contributed by atoms with Gasteiger partial charge < -0.3 is 20.8 Å². The average Bonchev–Trinajstić information content (AvgIpc) is 2.37. The lowest BCUT2D eigenvalue weighted by molar-refractivity contribution is -0.124. The summed E-state index contributed by atoms with van der Waals surface area (Å²) in [5, 5.41) is 24.5. The van der Waals surface area contributed by atoms with Gasteiger partial charge in [0.15, 0.2) is 0 Å². The van der Waals surface area contributed by atoms with Gasteiger partial charge >= 0.3 is 0 Å². The van der Waals surface area contributed by atoms with Gasteiger partial charge in [0, 0.05) is 12.6 Å². The van der Waals surface area contributed by atoms with E-state index in [0.29, 0.717) is 6.04 Å². The highest BCUT2D eigenvalue weighted by Crippen LogP contribution is 2.17. The maximum absolute atomic E-state index is 11.9. The molecule has 1 rings (SSSR count). The number of hydrogen-bond acceptors (Lipinski definition) is 4. The molecule has 2 atom stereocenters. The fourth-order valence-corrected chi connectivity index (χ4v) is 2.09. The van der Waals surface area contributed by atoms with E-state index in [1.165, 1.54) is 26.2 Å². The van der Waals surface area contributed by atoms with E-state index in [-0.39, 0.29) is 25.1 Å². The third kappa shape index (κ3) is 5.33. The molecule has 0 aromatic rings. The molecule has 18 heavy (non-hydrogen) atoms. The highest BCUT2D eigenvalue weighted by Gasteiger charge is 2.23. The zero-order chi connectivity index (χ0) is 13.6. The van der Waals surface area contributed by atoms with Crippen molar-refractivity contribution >= 4 is 5.91 Å². The molecule has 1 fully saturated rings. The third-order valence-electron chi connectivity index (χ3n) is 3.47.